The molecule has 126 valence electrons. The van der Waals surface area contributed by atoms with Crippen molar-refractivity contribution in [3.8, 4) is 5.69 Å². The molecule has 1 aromatic carbocycles. The lowest BCUT2D eigenvalue weighted by Crippen LogP contribution is -2.37. The molecule has 0 spiro atoms. The van der Waals surface area contributed by atoms with Crippen LogP contribution in [-0.2, 0) is 20.9 Å². The van der Waals surface area contributed by atoms with Crippen molar-refractivity contribution in [1.29, 1.82) is 0 Å². The topological polar surface area (TPSA) is 73.2 Å². The second-order valence-corrected chi connectivity index (χ2v) is 6.15. The highest BCUT2D eigenvalue weighted by molar-refractivity contribution is 6.05. The third-order valence-corrected chi connectivity index (χ3v) is 4.63. The molecular weight excluding hydrogens is 306 g/mol. The Kier molecular flexibility index (Phi) is 4.13. The number of benzene rings is 1. The third-order valence-electron chi connectivity index (χ3n) is 4.63. The number of aromatic nitrogens is 2. The number of methoxy groups -OCH3 is 1. The van der Waals surface area contributed by atoms with Crippen LogP contribution in [0.1, 0.15) is 29.8 Å². The molecule has 0 radical (unpaired) electrons. The lowest BCUT2D eigenvalue weighted by molar-refractivity contribution is -0.152. The summed E-state index contributed by atoms with van der Waals surface area (Å²) in [6.07, 6.45) is 1.10. The lowest BCUT2D eigenvalue weighted by atomic mass is 10.1. The van der Waals surface area contributed by atoms with Crippen LogP contribution in [0.2, 0.25) is 0 Å². The lowest BCUT2D eigenvalue weighted by Gasteiger charge is -2.13. The number of aryl methyl sites for hydroxylation is 1. The molecule has 0 aliphatic heterocycles. The van der Waals surface area contributed by atoms with E-state index in [2.05, 4.69) is 10.4 Å². The molecule has 1 aromatic heterocycles. The summed E-state index contributed by atoms with van der Waals surface area (Å²) in [6, 6.07) is 9.84. The fraction of sp³-hybridized carbons (Fsp3) is 0.389. The van der Waals surface area contributed by atoms with Crippen LogP contribution in [0, 0.1) is 19.3 Å². The first-order valence-corrected chi connectivity index (χ1v) is 7.97. The second kappa shape index (κ2) is 6.11. The summed E-state index contributed by atoms with van der Waals surface area (Å²) in [5.41, 5.74) is 2.80. The summed E-state index contributed by atoms with van der Waals surface area (Å²) in [7, 11) is 1.31. The Morgan fingerprint density at radius 2 is 1.92 bits per heavy atom. The standard InChI is InChI=1S/C18H21N3O3/c1-12-15(11-19-16(22)18(9-10-18)17(23)24-3)13(2)21(20-12)14-7-5-4-6-8-14/h4-8H,9-11H2,1-3H3,(H,19,22). The van der Waals surface area contributed by atoms with E-state index >= 15 is 0 Å². The number of hydrogen-bond donors (Lipinski definition) is 1. The van der Waals surface area contributed by atoms with Crippen LogP contribution < -0.4 is 5.32 Å². The number of hydrogen-bond acceptors (Lipinski definition) is 4. The first kappa shape index (κ1) is 16.2. The zero-order valence-corrected chi connectivity index (χ0v) is 14.1. The number of ether oxygens (including phenoxy) is 1. The molecule has 1 aliphatic rings. The normalized spacial score (nSPS) is 15.0. The molecule has 1 fully saturated rings. The van der Waals surface area contributed by atoms with Crippen molar-refractivity contribution >= 4 is 11.9 Å². The number of para-hydroxylation sites is 1. The molecule has 0 unspecified atom stereocenters. The Morgan fingerprint density at radius 3 is 2.50 bits per heavy atom. The van der Waals surface area contributed by atoms with Crippen molar-refractivity contribution in [2.24, 2.45) is 5.41 Å². The molecule has 1 aliphatic carbocycles. The Morgan fingerprint density at radius 1 is 1.25 bits per heavy atom. The van der Waals surface area contributed by atoms with Crippen molar-refractivity contribution in [1.82, 2.24) is 15.1 Å². The first-order valence-electron chi connectivity index (χ1n) is 7.97. The van der Waals surface area contributed by atoms with E-state index in [-0.39, 0.29) is 5.91 Å². The van der Waals surface area contributed by atoms with Crippen LogP contribution in [0.3, 0.4) is 0 Å². The smallest absolute Gasteiger partial charge is 0.321 e. The van der Waals surface area contributed by atoms with Crippen LogP contribution in [0.5, 0.6) is 0 Å². The van der Waals surface area contributed by atoms with Crippen LogP contribution in [0.25, 0.3) is 5.69 Å². The maximum atomic E-state index is 12.4. The van der Waals surface area contributed by atoms with Gasteiger partial charge < -0.3 is 10.1 Å². The van der Waals surface area contributed by atoms with E-state index in [1.165, 1.54) is 7.11 Å². The van der Waals surface area contributed by atoms with E-state index < -0.39 is 11.4 Å². The number of carbonyl (C=O) groups is 2. The average Bonchev–Trinajstić information content (AvgIpc) is 3.36. The average molecular weight is 327 g/mol. The molecule has 1 heterocycles. The SMILES string of the molecule is COC(=O)C1(C(=O)NCc2c(C)nn(-c3ccccc3)c2C)CC1. The predicted octanol–water partition coefficient (Wildman–Crippen LogP) is 2.06. The number of nitrogens with one attached hydrogen (secondary N) is 1. The number of esters is 1. The number of carbonyl (C=O) groups excluding carboxylic acids is 2. The fourth-order valence-electron chi connectivity index (χ4n) is 2.93. The van der Waals surface area contributed by atoms with Crippen molar-refractivity contribution in [2.75, 3.05) is 7.11 Å². The molecule has 6 nitrogen and oxygen atoms in total. The highest BCUT2D eigenvalue weighted by Crippen LogP contribution is 2.47. The van der Waals surface area contributed by atoms with Crippen molar-refractivity contribution < 1.29 is 14.3 Å². The quantitative estimate of drug-likeness (QED) is 0.674. The van der Waals surface area contributed by atoms with Crippen molar-refractivity contribution in [3.05, 3.63) is 47.3 Å². The largest absolute Gasteiger partial charge is 0.468 e. The van der Waals surface area contributed by atoms with Gasteiger partial charge in [-0.3, -0.25) is 9.59 Å². The Hall–Kier alpha value is -2.63. The van der Waals surface area contributed by atoms with Gasteiger partial charge in [-0.25, -0.2) is 4.68 Å². The van der Waals surface area contributed by atoms with Gasteiger partial charge in [0.2, 0.25) is 5.91 Å². The molecule has 24 heavy (non-hydrogen) atoms. The van der Waals surface area contributed by atoms with Gasteiger partial charge in [-0.05, 0) is 38.8 Å². The second-order valence-electron chi connectivity index (χ2n) is 6.15. The van der Waals surface area contributed by atoms with Gasteiger partial charge in [0, 0.05) is 17.8 Å². The Balaban J connectivity index is 1.76. The summed E-state index contributed by atoms with van der Waals surface area (Å²) < 4.78 is 6.61. The molecule has 0 atom stereocenters. The van der Waals surface area contributed by atoms with E-state index in [1.54, 1.807) is 0 Å². The Labute approximate surface area is 140 Å². The highest BCUT2D eigenvalue weighted by atomic mass is 16.5. The van der Waals surface area contributed by atoms with Gasteiger partial charge >= 0.3 is 5.97 Å². The zero-order chi connectivity index (χ0) is 17.3. The molecule has 6 heteroatoms. The van der Waals surface area contributed by atoms with Crippen molar-refractivity contribution in [3.63, 3.8) is 0 Å². The van der Waals surface area contributed by atoms with Gasteiger partial charge in [0.05, 0.1) is 18.5 Å². The molecule has 0 saturated heterocycles. The van der Waals surface area contributed by atoms with Crippen LogP contribution >= 0.6 is 0 Å². The minimum atomic E-state index is -0.980. The van der Waals surface area contributed by atoms with E-state index in [0.29, 0.717) is 19.4 Å². The van der Waals surface area contributed by atoms with E-state index in [9.17, 15) is 9.59 Å². The molecule has 1 saturated carbocycles. The van der Waals surface area contributed by atoms with E-state index in [4.69, 9.17) is 4.74 Å². The molecular formula is C18H21N3O3. The molecule has 1 amide bonds. The third kappa shape index (κ3) is 2.68. The number of rotatable bonds is 5. The molecule has 1 N–H and O–H groups in total. The minimum absolute atomic E-state index is 0.263. The van der Waals surface area contributed by atoms with E-state index in [0.717, 1.165) is 22.6 Å². The maximum Gasteiger partial charge on any atom is 0.321 e. The van der Waals surface area contributed by atoms with Gasteiger partial charge in [-0.15, -0.1) is 0 Å². The fourth-order valence-corrected chi connectivity index (χ4v) is 2.93. The summed E-state index contributed by atoms with van der Waals surface area (Å²) in [5, 5.41) is 7.43. The van der Waals surface area contributed by atoms with Crippen molar-refractivity contribution in [2.45, 2.75) is 33.2 Å². The van der Waals surface area contributed by atoms with Crippen LogP contribution in [0.4, 0.5) is 0 Å². The monoisotopic (exact) mass is 327 g/mol. The summed E-state index contributed by atoms with van der Waals surface area (Å²) in [5.74, 6) is -0.714. The maximum absolute atomic E-state index is 12.4. The van der Waals surface area contributed by atoms with Gasteiger partial charge in [0.15, 0.2) is 0 Å². The van der Waals surface area contributed by atoms with Crippen LogP contribution in [0.15, 0.2) is 30.3 Å². The summed E-state index contributed by atoms with van der Waals surface area (Å²) in [4.78, 5) is 24.1. The van der Waals surface area contributed by atoms with Gasteiger partial charge in [-0.1, -0.05) is 18.2 Å². The van der Waals surface area contributed by atoms with Gasteiger partial charge in [0.25, 0.3) is 0 Å². The summed E-state index contributed by atoms with van der Waals surface area (Å²) >= 11 is 0. The number of nitrogens with zero attached hydrogens (tertiary/aromatic N) is 2. The zero-order valence-electron chi connectivity index (χ0n) is 14.1. The van der Waals surface area contributed by atoms with Gasteiger partial charge in [-0.2, -0.15) is 5.10 Å². The predicted molar refractivity (Wildman–Crippen MR) is 88.6 cm³/mol. The van der Waals surface area contributed by atoms with Gasteiger partial charge in [0.1, 0.15) is 5.41 Å². The first-order chi connectivity index (χ1) is 11.5. The molecule has 3 rings (SSSR count). The number of amides is 1. The molecule has 2 aromatic rings. The minimum Gasteiger partial charge on any atom is -0.468 e. The van der Waals surface area contributed by atoms with E-state index in [1.807, 2.05) is 48.9 Å². The molecule has 0 bridgehead atoms. The summed E-state index contributed by atoms with van der Waals surface area (Å²) in [6.45, 7) is 4.24. The Bertz CT molecular complexity index is 776. The highest BCUT2D eigenvalue weighted by Gasteiger charge is 2.57. The van der Waals surface area contributed by atoms with Crippen LogP contribution in [-0.4, -0.2) is 28.8 Å².